The molecule has 0 amide bonds. The Balaban J connectivity index is 1.91. The molecule has 0 aliphatic carbocycles. The van der Waals surface area contributed by atoms with Crippen LogP contribution < -0.4 is 15.6 Å². The van der Waals surface area contributed by atoms with Gasteiger partial charge in [0.2, 0.25) is 10.0 Å². The molecule has 11 nitrogen and oxygen atoms in total. The fraction of sp³-hybridized carbons (Fsp3) is 0.250. The van der Waals surface area contributed by atoms with Gasteiger partial charge in [0.15, 0.2) is 11.6 Å². The lowest BCUT2D eigenvalue weighted by Crippen LogP contribution is -2.35. The summed E-state index contributed by atoms with van der Waals surface area (Å²) >= 11 is 1.30. The standard InChI is InChI=1S/C20H21N5O6S3/c1-4-11(2)25-20(27)16(18(26)17(22-25)14-6-5-9-32-14)19-21-13-8-7-12(23-33(3,28)29)10-15(13)34(30,31)24-19/h5-11,23,26H,4H2,1-3H3,(H,21,24). The largest absolute Gasteiger partial charge is 0.505 e. The summed E-state index contributed by atoms with van der Waals surface area (Å²) in [6.07, 6.45) is 1.51. The molecule has 3 heterocycles. The quantitative estimate of drug-likeness (QED) is 0.444. The number of sulfonamides is 2. The van der Waals surface area contributed by atoms with E-state index in [1.807, 2.05) is 6.92 Å². The van der Waals surface area contributed by atoms with Gasteiger partial charge in [-0.05, 0) is 43.0 Å². The molecule has 0 bridgehead atoms. The van der Waals surface area contributed by atoms with Crippen molar-refractivity contribution in [3.05, 3.63) is 51.6 Å². The lowest BCUT2D eigenvalue weighted by molar-refractivity contribution is 0.430. The Hall–Kier alpha value is -3.23. The van der Waals surface area contributed by atoms with Gasteiger partial charge >= 0.3 is 0 Å². The number of amidine groups is 1. The van der Waals surface area contributed by atoms with E-state index in [1.54, 1.807) is 24.4 Å². The summed E-state index contributed by atoms with van der Waals surface area (Å²) < 4.78 is 56.1. The SMILES string of the molecule is CCC(C)n1nc(-c2cccs2)c(O)c(C2=NS(=O)(=O)c3cc(NS(C)(=O)=O)ccc3N2)c1=O. The molecule has 0 fully saturated rings. The Morgan fingerprint density at radius 1 is 1.29 bits per heavy atom. The maximum absolute atomic E-state index is 13.3. The van der Waals surface area contributed by atoms with Crippen molar-refractivity contribution in [2.24, 2.45) is 4.40 Å². The monoisotopic (exact) mass is 523 g/mol. The van der Waals surface area contributed by atoms with E-state index in [0.29, 0.717) is 11.3 Å². The lowest BCUT2D eigenvalue weighted by Gasteiger charge is -2.21. The van der Waals surface area contributed by atoms with E-state index in [-0.39, 0.29) is 39.4 Å². The second-order valence-corrected chi connectivity index (χ2v) is 12.0. The zero-order chi connectivity index (χ0) is 24.8. The molecule has 3 N–H and O–H groups in total. The topological polar surface area (TPSA) is 160 Å². The summed E-state index contributed by atoms with van der Waals surface area (Å²) in [4.78, 5) is 13.6. The van der Waals surface area contributed by atoms with E-state index in [4.69, 9.17) is 0 Å². The normalized spacial score (nSPS) is 15.7. The van der Waals surface area contributed by atoms with Crippen LogP contribution in [0.25, 0.3) is 10.6 Å². The van der Waals surface area contributed by atoms with E-state index < -0.39 is 31.4 Å². The highest BCUT2D eigenvalue weighted by molar-refractivity contribution is 7.92. The molecule has 1 aliphatic heterocycles. The predicted molar refractivity (Wildman–Crippen MR) is 131 cm³/mol. The molecule has 0 radical (unpaired) electrons. The van der Waals surface area contributed by atoms with Crippen LogP contribution in [0.2, 0.25) is 0 Å². The van der Waals surface area contributed by atoms with Gasteiger partial charge in [-0.2, -0.15) is 13.5 Å². The fourth-order valence-corrected chi connectivity index (χ4v) is 5.76. The van der Waals surface area contributed by atoms with Crippen LogP contribution >= 0.6 is 11.3 Å². The maximum atomic E-state index is 13.3. The minimum atomic E-state index is -4.34. The molecular weight excluding hydrogens is 502 g/mol. The van der Waals surface area contributed by atoms with Crippen LogP contribution in [0.4, 0.5) is 11.4 Å². The number of nitrogens with one attached hydrogen (secondary N) is 2. The van der Waals surface area contributed by atoms with Gasteiger partial charge in [0.25, 0.3) is 15.6 Å². The minimum Gasteiger partial charge on any atom is -0.505 e. The average molecular weight is 524 g/mol. The molecule has 0 spiro atoms. The summed E-state index contributed by atoms with van der Waals surface area (Å²) in [7, 11) is -7.97. The Morgan fingerprint density at radius 2 is 2.03 bits per heavy atom. The highest BCUT2D eigenvalue weighted by atomic mass is 32.2. The molecule has 1 atom stereocenters. The molecule has 14 heteroatoms. The third-order valence-electron chi connectivity index (χ3n) is 5.12. The number of rotatable bonds is 6. The third-order valence-corrected chi connectivity index (χ3v) is 7.92. The molecule has 1 unspecified atom stereocenters. The van der Waals surface area contributed by atoms with E-state index >= 15 is 0 Å². The van der Waals surface area contributed by atoms with Gasteiger partial charge in [-0.15, -0.1) is 15.7 Å². The number of aromatic hydroxyl groups is 1. The first kappa shape index (κ1) is 23.9. The van der Waals surface area contributed by atoms with Crippen molar-refractivity contribution in [2.45, 2.75) is 31.2 Å². The second-order valence-electron chi connectivity index (χ2n) is 7.68. The van der Waals surface area contributed by atoms with E-state index in [9.17, 15) is 26.7 Å². The molecular formula is C20H21N5O6S3. The van der Waals surface area contributed by atoms with Crippen molar-refractivity contribution in [2.75, 3.05) is 16.3 Å². The molecule has 1 aliphatic rings. The van der Waals surface area contributed by atoms with Crippen molar-refractivity contribution >= 4 is 48.6 Å². The summed E-state index contributed by atoms with van der Waals surface area (Å²) in [5, 5.41) is 19.9. The van der Waals surface area contributed by atoms with Gasteiger partial charge in [0, 0.05) is 5.69 Å². The molecule has 4 rings (SSSR count). The van der Waals surface area contributed by atoms with Crippen molar-refractivity contribution in [1.82, 2.24) is 9.78 Å². The second kappa shape index (κ2) is 8.52. The third kappa shape index (κ3) is 4.43. The van der Waals surface area contributed by atoms with Gasteiger partial charge in [-0.3, -0.25) is 9.52 Å². The van der Waals surface area contributed by atoms with Crippen molar-refractivity contribution < 1.29 is 21.9 Å². The van der Waals surface area contributed by atoms with Crippen LogP contribution in [-0.2, 0) is 20.0 Å². The van der Waals surface area contributed by atoms with Crippen molar-refractivity contribution in [1.29, 1.82) is 0 Å². The van der Waals surface area contributed by atoms with E-state index in [2.05, 4.69) is 19.5 Å². The van der Waals surface area contributed by atoms with Crippen LogP contribution in [0.5, 0.6) is 5.75 Å². The van der Waals surface area contributed by atoms with Crippen molar-refractivity contribution in [3.63, 3.8) is 0 Å². The molecule has 0 saturated carbocycles. The number of fused-ring (bicyclic) bond motifs is 1. The van der Waals surface area contributed by atoms with Gasteiger partial charge in [-0.25, -0.2) is 13.1 Å². The number of anilines is 2. The Labute approximate surface area is 199 Å². The van der Waals surface area contributed by atoms with Crippen molar-refractivity contribution in [3.8, 4) is 16.3 Å². The number of benzene rings is 1. The molecule has 34 heavy (non-hydrogen) atoms. The summed E-state index contributed by atoms with van der Waals surface area (Å²) in [6.45, 7) is 3.65. The van der Waals surface area contributed by atoms with E-state index in [1.165, 1.54) is 28.2 Å². The number of aromatic nitrogens is 2. The zero-order valence-corrected chi connectivity index (χ0v) is 20.8. The smallest absolute Gasteiger partial charge is 0.286 e. The van der Waals surface area contributed by atoms with Gasteiger partial charge in [0.1, 0.15) is 16.2 Å². The molecule has 1 aromatic carbocycles. The highest BCUT2D eigenvalue weighted by Gasteiger charge is 2.31. The average Bonchev–Trinajstić information content (AvgIpc) is 3.27. The summed E-state index contributed by atoms with van der Waals surface area (Å²) in [5.41, 5.74) is -0.785. The fourth-order valence-electron chi connectivity index (χ4n) is 3.34. The van der Waals surface area contributed by atoms with Gasteiger partial charge in [0.05, 0.1) is 22.9 Å². The Morgan fingerprint density at radius 3 is 2.65 bits per heavy atom. The van der Waals surface area contributed by atoms with Crippen LogP contribution in [0, 0.1) is 0 Å². The Bertz CT molecular complexity index is 1580. The zero-order valence-electron chi connectivity index (χ0n) is 18.3. The van der Waals surface area contributed by atoms with Crippen LogP contribution in [0.15, 0.2) is 49.8 Å². The number of thiophene rings is 1. The predicted octanol–water partition coefficient (Wildman–Crippen LogP) is 2.58. The maximum Gasteiger partial charge on any atom is 0.286 e. The van der Waals surface area contributed by atoms with Gasteiger partial charge in [-0.1, -0.05) is 13.0 Å². The highest BCUT2D eigenvalue weighted by Crippen LogP contribution is 2.36. The first-order valence-corrected chi connectivity index (χ1v) is 14.3. The Kier molecular flexibility index (Phi) is 5.99. The molecule has 0 saturated heterocycles. The van der Waals surface area contributed by atoms with Crippen LogP contribution in [-0.4, -0.2) is 43.8 Å². The first-order valence-electron chi connectivity index (χ1n) is 10.0. The molecule has 180 valence electrons. The number of hydrogen-bond acceptors (Lipinski definition) is 9. The lowest BCUT2D eigenvalue weighted by atomic mass is 10.1. The number of hydrogen-bond donors (Lipinski definition) is 3. The van der Waals surface area contributed by atoms with Gasteiger partial charge < -0.3 is 10.4 Å². The summed E-state index contributed by atoms with van der Waals surface area (Å²) in [5.74, 6) is -0.844. The van der Waals surface area contributed by atoms with Crippen LogP contribution in [0.1, 0.15) is 31.9 Å². The van der Waals surface area contributed by atoms with E-state index in [0.717, 1.165) is 12.3 Å². The summed E-state index contributed by atoms with van der Waals surface area (Å²) in [6, 6.07) is 7.00. The van der Waals surface area contributed by atoms with Crippen LogP contribution in [0.3, 0.4) is 0 Å². The minimum absolute atomic E-state index is 0.0381. The molecule has 3 aromatic rings. The first-order chi connectivity index (χ1) is 15.9. The number of nitrogens with zero attached hydrogens (tertiary/aromatic N) is 3. The molecule has 2 aromatic heterocycles.